The van der Waals surface area contributed by atoms with E-state index in [-0.39, 0.29) is 25.2 Å². The predicted molar refractivity (Wildman–Crippen MR) is 69.2 cm³/mol. The molecule has 8 heteroatoms. The van der Waals surface area contributed by atoms with Gasteiger partial charge in [-0.2, -0.15) is 4.58 Å². The summed E-state index contributed by atoms with van der Waals surface area (Å²) in [5, 5.41) is 20.3. The molecule has 0 aliphatic heterocycles. The molecule has 0 spiro atoms. The first-order valence-electron chi connectivity index (χ1n) is 6.04. The number of hydrogen-bond acceptors (Lipinski definition) is 6. The second-order valence-electron chi connectivity index (χ2n) is 4.25. The third kappa shape index (κ3) is 7.07. The summed E-state index contributed by atoms with van der Waals surface area (Å²) in [5.74, 6) is -1.55. The van der Waals surface area contributed by atoms with E-state index in [9.17, 15) is 19.5 Å². The smallest absolute Gasteiger partial charge is 0.382 e. The summed E-state index contributed by atoms with van der Waals surface area (Å²) >= 11 is 0. The Hall–Kier alpha value is -1.64. The first-order chi connectivity index (χ1) is 9.31. The Kier molecular flexibility index (Phi) is 8.53. The van der Waals surface area contributed by atoms with E-state index in [4.69, 9.17) is 5.11 Å². The third-order valence-corrected chi connectivity index (χ3v) is 2.62. The van der Waals surface area contributed by atoms with E-state index in [0.717, 1.165) is 4.58 Å². The first kappa shape index (κ1) is 18.4. The number of ketones is 1. The van der Waals surface area contributed by atoms with Crippen LogP contribution in [0.1, 0.15) is 19.8 Å². The van der Waals surface area contributed by atoms with Gasteiger partial charge >= 0.3 is 5.91 Å². The van der Waals surface area contributed by atoms with Gasteiger partial charge in [-0.15, -0.1) is 0 Å². The van der Waals surface area contributed by atoms with E-state index in [0.29, 0.717) is 0 Å². The van der Waals surface area contributed by atoms with Crippen LogP contribution in [0.5, 0.6) is 0 Å². The molecule has 2 atom stereocenters. The second-order valence-corrected chi connectivity index (χ2v) is 4.25. The van der Waals surface area contributed by atoms with Crippen molar-refractivity contribution in [3.63, 3.8) is 0 Å². The Morgan fingerprint density at radius 1 is 1.35 bits per heavy atom. The number of aliphatic hydroxyl groups excluding tert-OH is 2. The summed E-state index contributed by atoms with van der Waals surface area (Å²) in [6.45, 7) is 3.51. The number of carbonyl (C=O) groups is 3. The minimum absolute atomic E-state index is 0.185. The summed E-state index contributed by atoms with van der Waals surface area (Å²) < 4.78 is 5.44. The van der Waals surface area contributed by atoms with Crippen molar-refractivity contribution in [3.05, 3.63) is 0 Å². The van der Waals surface area contributed by atoms with Gasteiger partial charge in [-0.3, -0.25) is 9.59 Å². The molecule has 0 saturated heterocycles. The molecule has 2 unspecified atom stereocenters. The van der Waals surface area contributed by atoms with Gasteiger partial charge < -0.3 is 20.3 Å². The van der Waals surface area contributed by atoms with Gasteiger partial charge in [-0.05, 0) is 13.3 Å². The third-order valence-electron chi connectivity index (χ3n) is 2.62. The second kappa shape index (κ2) is 9.29. The van der Waals surface area contributed by atoms with E-state index in [1.807, 2.05) is 0 Å². The van der Waals surface area contributed by atoms with E-state index in [1.165, 1.54) is 14.0 Å². The highest BCUT2D eigenvalue weighted by Gasteiger charge is 2.22. The van der Waals surface area contributed by atoms with Gasteiger partial charge in [0.2, 0.25) is 6.54 Å². The topological polar surface area (TPSA) is 116 Å². The van der Waals surface area contributed by atoms with Crippen molar-refractivity contribution < 1.29 is 33.9 Å². The predicted octanol–water partition coefficient (Wildman–Crippen LogP) is -1.96. The van der Waals surface area contributed by atoms with Gasteiger partial charge in [-0.25, -0.2) is 4.79 Å². The molecule has 114 valence electrons. The van der Waals surface area contributed by atoms with E-state index >= 15 is 0 Å². The Labute approximate surface area is 117 Å². The van der Waals surface area contributed by atoms with Crippen molar-refractivity contribution >= 4 is 24.3 Å². The van der Waals surface area contributed by atoms with E-state index < -0.39 is 30.8 Å². The lowest BCUT2D eigenvalue weighted by molar-refractivity contribution is -0.432. The molecule has 0 radical (unpaired) electrons. The number of amides is 2. The highest BCUT2D eigenvalue weighted by atomic mass is 16.6. The maximum atomic E-state index is 11.6. The summed E-state index contributed by atoms with van der Waals surface area (Å²) in [4.78, 5) is 34.1. The molecular formula is C12H21N2O6+. The fourth-order valence-electron chi connectivity index (χ4n) is 1.41. The van der Waals surface area contributed by atoms with Crippen LogP contribution in [-0.2, 0) is 19.1 Å². The lowest BCUT2D eigenvalue weighted by atomic mass is 10.1. The van der Waals surface area contributed by atoms with Gasteiger partial charge in [0.05, 0.1) is 6.04 Å². The molecule has 0 heterocycles. The van der Waals surface area contributed by atoms with Gasteiger partial charge in [0, 0.05) is 13.5 Å². The van der Waals surface area contributed by atoms with Gasteiger partial charge in [-0.1, -0.05) is 0 Å². The molecular weight excluding hydrogens is 268 g/mol. The lowest BCUT2D eigenvalue weighted by Crippen LogP contribution is -2.44. The quantitative estimate of drug-likeness (QED) is 0.258. The summed E-state index contributed by atoms with van der Waals surface area (Å²) in [5.41, 5.74) is 0. The van der Waals surface area contributed by atoms with Crippen LogP contribution < -0.4 is 5.32 Å². The normalized spacial score (nSPS) is 13.4. The highest BCUT2D eigenvalue weighted by Crippen LogP contribution is 2.03. The SMILES string of the molecule is C=[N+](CC(=O)NC(CCC(O)OC)C(C)=O)C(=O)CO. The zero-order valence-corrected chi connectivity index (χ0v) is 11.7. The Balaban J connectivity index is 4.38. The minimum atomic E-state index is -1.01. The monoisotopic (exact) mass is 289 g/mol. The van der Waals surface area contributed by atoms with E-state index in [1.54, 1.807) is 0 Å². The molecule has 2 amide bonds. The molecule has 0 aromatic heterocycles. The van der Waals surface area contributed by atoms with Crippen LogP contribution in [0.4, 0.5) is 0 Å². The number of Topliss-reactive ketones (excluding diaryl/α,β-unsaturated/α-hetero) is 1. The lowest BCUT2D eigenvalue weighted by Gasteiger charge is -2.16. The van der Waals surface area contributed by atoms with Crippen LogP contribution in [0.3, 0.4) is 0 Å². The molecule has 20 heavy (non-hydrogen) atoms. The Morgan fingerprint density at radius 2 is 1.95 bits per heavy atom. The zero-order chi connectivity index (χ0) is 15.7. The maximum Gasteiger partial charge on any atom is 0.412 e. The fraction of sp³-hybridized carbons (Fsp3) is 0.667. The highest BCUT2D eigenvalue weighted by molar-refractivity contribution is 5.88. The van der Waals surface area contributed by atoms with Crippen LogP contribution in [0.2, 0.25) is 0 Å². The average molecular weight is 289 g/mol. The van der Waals surface area contributed by atoms with Crippen LogP contribution >= 0.6 is 0 Å². The first-order valence-corrected chi connectivity index (χ1v) is 6.04. The number of ether oxygens (including phenoxy) is 1. The largest absolute Gasteiger partial charge is 0.412 e. The number of carbonyl (C=O) groups excluding carboxylic acids is 3. The van der Waals surface area contributed by atoms with Gasteiger partial charge in [0.15, 0.2) is 18.7 Å². The standard InChI is InChI=1S/C12H20N2O6/c1-8(16)9(4-5-12(19)20-3)13-10(17)6-14(2)11(18)7-15/h9,12,15,19H,2,4-7H2,1,3H3/p+1. The molecule has 0 fully saturated rings. The fourth-order valence-corrected chi connectivity index (χ4v) is 1.41. The van der Waals surface area contributed by atoms with Crippen molar-refractivity contribution in [2.75, 3.05) is 20.3 Å². The zero-order valence-electron chi connectivity index (χ0n) is 11.7. The minimum Gasteiger partial charge on any atom is -0.382 e. The number of rotatable bonds is 9. The molecule has 0 aliphatic rings. The number of hydrogen-bond donors (Lipinski definition) is 3. The number of nitrogens with zero attached hydrogens (tertiary/aromatic N) is 1. The average Bonchev–Trinajstić information content (AvgIpc) is 2.41. The molecule has 0 saturated carbocycles. The maximum absolute atomic E-state index is 11.6. The molecule has 0 rings (SSSR count). The van der Waals surface area contributed by atoms with Crippen molar-refractivity contribution in [3.8, 4) is 0 Å². The van der Waals surface area contributed by atoms with Gasteiger partial charge in [0.1, 0.15) is 6.72 Å². The Bertz CT molecular complexity index is 382. The molecule has 3 N–H and O–H groups in total. The van der Waals surface area contributed by atoms with Crippen molar-refractivity contribution in [2.45, 2.75) is 32.1 Å². The van der Waals surface area contributed by atoms with Crippen LogP contribution in [0, 0.1) is 0 Å². The number of aliphatic hydroxyl groups is 2. The molecule has 0 aromatic carbocycles. The molecule has 0 bridgehead atoms. The van der Waals surface area contributed by atoms with Crippen LogP contribution in [0.25, 0.3) is 0 Å². The van der Waals surface area contributed by atoms with Crippen molar-refractivity contribution in [1.82, 2.24) is 5.32 Å². The van der Waals surface area contributed by atoms with E-state index in [2.05, 4.69) is 16.8 Å². The summed E-state index contributed by atoms with van der Waals surface area (Å²) in [6, 6.07) is -0.773. The number of methoxy groups -OCH3 is 1. The Morgan fingerprint density at radius 3 is 2.40 bits per heavy atom. The molecule has 8 nitrogen and oxygen atoms in total. The molecule has 0 aliphatic carbocycles. The van der Waals surface area contributed by atoms with Crippen molar-refractivity contribution in [1.29, 1.82) is 0 Å². The summed E-state index contributed by atoms with van der Waals surface area (Å²) in [6.07, 6.45) is -0.611. The number of nitrogens with one attached hydrogen (secondary N) is 1. The summed E-state index contributed by atoms with van der Waals surface area (Å²) in [7, 11) is 1.33. The van der Waals surface area contributed by atoms with Gasteiger partial charge in [0.25, 0.3) is 5.91 Å². The molecule has 0 aromatic rings. The van der Waals surface area contributed by atoms with Crippen LogP contribution in [0.15, 0.2) is 0 Å². The van der Waals surface area contributed by atoms with Crippen LogP contribution in [-0.4, -0.2) is 71.7 Å². The van der Waals surface area contributed by atoms with Crippen molar-refractivity contribution in [2.24, 2.45) is 0 Å².